The Hall–Kier alpha value is -0.940. The highest BCUT2D eigenvalue weighted by molar-refractivity contribution is 9.10. The standard InChI is InChI=1S/C12H15BrN4/c13-10-4-11-12(15-6-10)17(8-16-11)7-9-2-1-3-14-5-9/h4,6,8-9,14H,1-3,5,7H2. The number of aromatic nitrogens is 3. The molecule has 1 fully saturated rings. The van der Waals surface area contributed by atoms with Gasteiger partial charge in [0, 0.05) is 17.2 Å². The molecule has 0 aromatic carbocycles. The van der Waals surface area contributed by atoms with Crippen molar-refractivity contribution < 1.29 is 0 Å². The number of hydrogen-bond donors (Lipinski definition) is 1. The Labute approximate surface area is 109 Å². The molecule has 1 saturated heterocycles. The van der Waals surface area contributed by atoms with Crippen LogP contribution in [0.2, 0.25) is 0 Å². The summed E-state index contributed by atoms with van der Waals surface area (Å²) in [5, 5.41) is 3.44. The van der Waals surface area contributed by atoms with Gasteiger partial charge >= 0.3 is 0 Å². The quantitative estimate of drug-likeness (QED) is 0.923. The number of hydrogen-bond acceptors (Lipinski definition) is 3. The molecule has 1 aliphatic rings. The maximum Gasteiger partial charge on any atom is 0.159 e. The van der Waals surface area contributed by atoms with Crippen LogP contribution in [0.25, 0.3) is 11.2 Å². The van der Waals surface area contributed by atoms with E-state index in [0.717, 1.165) is 35.3 Å². The van der Waals surface area contributed by atoms with Crippen molar-refractivity contribution in [2.45, 2.75) is 19.4 Å². The first kappa shape index (κ1) is 11.2. The van der Waals surface area contributed by atoms with Crippen LogP contribution in [-0.4, -0.2) is 27.6 Å². The fourth-order valence-electron chi connectivity index (χ4n) is 2.42. The van der Waals surface area contributed by atoms with Crippen LogP contribution in [0.15, 0.2) is 23.1 Å². The molecule has 3 heterocycles. The van der Waals surface area contributed by atoms with Crippen LogP contribution in [0.4, 0.5) is 0 Å². The molecule has 1 aliphatic heterocycles. The smallest absolute Gasteiger partial charge is 0.159 e. The van der Waals surface area contributed by atoms with Gasteiger partial charge in [-0.05, 0) is 53.8 Å². The highest BCUT2D eigenvalue weighted by Crippen LogP contribution is 2.19. The predicted molar refractivity (Wildman–Crippen MR) is 70.8 cm³/mol. The highest BCUT2D eigenvalue weighted by atomic mass is 79.9. The third-order valence-corrected chi connectivity index (χ3v) is 3.71. The van der Waals surface area contributed by atoms with Crippen molar-refractivity contribution in [3.63, 3.8) is 0 Å². The van der Waals surface area contributed by atoms with Crippen LogP contribution >= 0.6 is 15.9 Å². The molecule has 90 valence electrons. The van der Waals surface area contributed by atoms with Gasteiger partial charge < -0.3 is 9.88 Å². The molecule has 3 rings (SSSR count). The molecule has 17 heavy (non-hydrogen) atoms. The van der Waals surface area contributed by atoms with Gasteiger partial charge in [0.05, 0.1) is 6.33 Å². The third-order valence-electron chi connectivity index (χ3n) is 3.28. The zero-order valence-electron chi connectivity index (χ0n) is 9.56. The molecule has 1 atom stereocenters. The lowest BCUT2D eigenvalue weighted by Gasteiger charge is -2.22. The van der Waals surface area contributed by atoms with Crippen LogP contribution in [0.1, 0.15) is 12.8 Å². The van der Waals surface area contributed by atoms with Gasteiger partial charge in [0.1, 0.15) is 5.52 Å². The molecule has 2 aromatic rings. The SMILES string of the molecule is Brc1cnc2c(c1)ncn2CC1CCCNC1. The molecule has 0 saturated carbocycles. The Kier molecular flexibility index (Phi) is 3.11. The fourth-order valence-corrected chi connectivity index (χ4v) is 2.74. The Morgan fingerprint density at radius 2 is 2.41 bits per heavy atom. The first-order chi connectivity index (χ1) is 8.33. The molecule has 1 unspecified atom stereocenters. The second kappa shape index (κ2) is 4.74. The number of nitrogens with zero attached hydrogens (tertiary/aromatic N) is 3. The van der Waals surface area contributed by atoms with Crippen molar-refractivity contribution in [2.75, 3.05) is 13.1 Å². The van der Waals surface area contributed by atoms with Gasteiger partial charge in [0.25, 0.3) is 0 Å². The molecule has 0 spiro atoms. The largest absolute Gasteiger partial charge is 0.316 e. The number of piperidine rings is 1. The molecular weight excluding hydrogens is 280 g/mol. The van der Waals surface area contributed by atoms with E-state index < -0.39 is 0 Å². The van der Waals surface area contributed by atoms with E-state index in [1.807, 2.05) is 18.6 Å². The first-order valence-electron chi connectivity index (χ1n) is 6.00. The van der Waals surface area contributed by atoms with Crippen molar-refractivity contribution in [1.82, 2.24) is 19.9 Å². The molecule has 5 heteroatoms. The maximum atomic E-state index is 4.44. The highest BCUT2D eigenvalue weighted by Gasteiger charge is 2.15. The summed E-state index contributed by atoms with van der Waals surface area (Å²) >= 11 is 3.42. The van der Waals surface area contributed by atoms with E-state index in [1.165, 1.54) is 12.8 Å². The van der Waals surface area contributed by atoms with Crippen LogP contribution in [0.3, 0.4) is 0 Å². The predicted octanol–water partition coefficient (Wildman–Crippen LogP) is 2.19. The monoisotopic (exact) mass is 294 g/mol. The lowest BCUT2D eigenvalue weighted by Crippen LogP contribution is -2.32. The minimum absolute atomic E-state index is 0.701. The lowest BCUT2D eigenvalue weighted by atomic mass is 10.00. The first-order valence-corrected chi connectivity index (χ1v) is 6.79. The second-order valence-corrected chi connectivity index (χ2v) is 5.52. The van der Waals surface area contributed by atoms with E-state index >= 15 is 0 Å². The van der Waals surface area contributed by atoms with Gasteiger partial charge in [-0.3, -0.25) is 0 Å². The minimum atomic E-state index is 0.701. The van der Waals surface area contributed by atoms with Crippen LogP contribution < -0.4 is 5.32 Å². The van der Waals surface area contributed by atoms with E-state index in [4.69, 9.17) is 0 Å². The molecule has 0 bridgehead atoms. The van der Waals surface area contributed by atoms with Crippen molar-refractivity contribution >= 4 is 27.1 Å². The minimum Gasteiger partial charge on any atom is -0.316 e. The van der Waals surface area contributed by atoms with Crippen LogP contribution in [0.5, 0.6) is 0 Å². The topological polar surface area (TPSA) is 42.7 Å². The summed E-state index contributed by atoms with van der Waals surface area (Å²) in [6.45, 7) is 3.28. The molecule has 0 aliphatic carbocycles. The van der Waals surface area contributed by atoms with Crippen molar-refractivity contribution in [1.29, 1.82) is 0 Å². The Morgan fingerprint density at radius 1 is 1.47 bits per heavy atom. The van der Waals surface area contributed by atoms with Crippen molar-refractivity contribution in [3.05, 3.63) is 23.1 Å². The average molecular weight is 295 g/mol. The number of nitrogens with one attached hydrogen (secondary N) is 1. The Bertz CT molecular complexity index is 516. The molecule has 1 N–H and O–H groups in total. The summed E-state index contributed by atoms with van der Waals surface area (Å²) in [5.41, 5.74) is 1.95. The summed E-state index contributed by atoms with van der Waals surface area (Å²) in [5.74, 6) is 0.701. The number of fused-ring (bicyclic) bond motifs is 1. The van der Waals surface area contributed by atoms with Gasteiger partial charge in [-0.25, -0.2) is 9.97 Å². The molecule has 0 radical (unpaired) electrons. The van der Waals surface area contributed by atoms with Gasteiger partial charge in [0.2, 0.25) is 0 Å². The van der Waals surface area contributed by atoms with Gasteiger partial charge in [-0.15, -0.1) is 0 Å². The van der Waals surface area contributed by atoms with Gasteiger partial charge in [-0.1, -0.05) is 0 Å². The molecule has 0 amide bonds. The van der Waals surface area contributed by atoms with E-state index in [1.54, 1.807) is 0 Å². The summed E-state index contributed by atoms with van der Waals surface area (Å²) in [6, 6.07) is 2.01. The molecule has 4 nitrogen and oxygen atoms in total. The zero-order valence-corrected chi connectivity index (χ0v) is 11.2. The van der Waals surface area contributed by atoms with Crippen LogP contribution in [0, 0.1) is 5.92 Å². The van der Waals surface area contributed by atoms with Gasteiger partial charge in [0.15, 0.2) is 5.65 Å². The van der Waals surface area contributed by atoms with E-state index in [2.05, 4.69) is 35.8 Å². The summed E-state index contributed by atoms with van der Waals surface area (Å²) < 4.78 is 3.15. The normalized spacial score (nSPS) is 20.9. The van der Waals surface area contributed by atoms with E-state index in [0.29, 0.717) is 5.92 Å². The van der Waals surface area contributed by atoms with E-state index in [9.17, 15) is 0 Å². The number of halogens is 1. The Balaban J connectivity index is 1.84. The summed E-state index contributed by atoms with van der Waals surface area (Å²) in [6.07, 6.45) is 6.30. The maximum absolute atomic E-state index is 4.44. The number of pyridine rings is 1. The van der Waals surface area contributed by atoms with E-state index in [-0.39, 0.29) is 0 Å². The third kappa shape index (κ3) is 2.35. The lowest BCUT2D eigenvalue weighted by molar-refractivity contribution is 0.339. The number of rotatable bonds is 2. The van der Waals surface area contributed by atoms with Crippen molar-refractivity contribution in [3.8, 4) is 0 Å². The zero-order chi connectivity index (χ0) is 11.7. The second-order valence-electron chi connectivity index (χ2n) is 4.61. The van der Waals surface area contributed by atoms with Crippen molar-refractivity contribution in [2.24, 2.45) is 5.92 Å². The molecule has 2 aromatic heterocycles. The fraction of sp³-hybridized carbons (Fsp3) is 0.500. The molecular formula is C12H15BrN4. The van der Waals surface area contributed by atoms with Crippen LogP contribution in [-0.2, 0) is 6.54 Å². The van der Waals surface area contributed by atoms with Gasteiger partial charge in [-0.2, -0.15) is 0 Å². The summed E-state index contributed by atoms with van der Waals surface area (Å²) in [7, 11) is 0. The summed E-state index contributed by atoms with van der Waals surface area (Å²) in [4.78, 5) is 8.83. The number of imidazole rings is 1. The average Bonchev–Trinajstić information content (AvgIpc) is 2.73. The Morgan fingerprint density at radius 3 is 3.24 bits per heavy atom.